The highest BCUT2D eigenvalue weighted by Crippen LogP contribution is 2.25. The van der Waals surface area contributed by atoms with Gasteiger partial charge in [-0.15, -0.1) is 11.3 Å². The maximum absolute atomic E-state index is 12.6. The van der Waals surface area contributed by atoms with Crippen LogP contribution in [0.5, 0.6) is 0 Å². The van der Waals surface area contributed by atoms with Crippen molar-refractivity contribution in [2.24, 2.45) is 5.92 Å². The Bertz CT molecular complexity index is 722. The van der Waals surface area contributed by atoms with Gasteiger partial charge in [0, 0.05) is 41.7 Å². The first kappa shape index (κ1) is 16.8. The third-order valence-corrected chi connectivity index (χ3v) is 5.19. The van der Waals surface area contributed by atoms with Crippen LogP contribution in [0.2, 0.25) is 0 Å². The highest BCUT2D eigenvalue weighted by Gasteiger charge is 2.30. The Kier molecular flexibility index (Phi) is 4.54. The van der Waals surface area contributed by atoms with E-state index in [0.29, 0.717) is 36.6 Å². The lowest BCUT2D eigenvalue weighted by Crippen LogP contribution is -2.40. The van der Waals surface area contributed by atoms with E-state index in [-0.39, 0.29) is 23.0 Å². The molecular formula is C17H22N4O2S. The maximum atomic E-state index is 12.6. The Morgan fingerprint density at radius 1 is 1.29 bits per heavy atom. The lowest BCUT2D eigenvalue weighted by molar-refractivity contribution is 0.0645. The summed E-state index contributed by atoms with van der Waals surface area (Å²) in [5.41, 5.74) is 1.32. The number of rotatable bonds is 3. The number of nitrogens with zero attached hydrogens (tertiary/aromatic N) is 3. The standard InChI is InChI=1S/C17H22N4O2S/c1-17(2,3)13-10-12(19-20-13)16(23)21-7-4-11(5-8-21)14(22)15-18-6-9-24-15/h6,9-11H,4-5,7-8H2,1-3H3,(H,19,20). The molecule has 0 saturated carbocycles. The van der Waals surface area contributed by atoms with Crippen LogP contribution in [0, 0.1) is 5.92 Å². The van der Waals surface area contributed by atoms with E-state index in [1.54, 1.807) is 11.1 Å². The lowest BCUT2D eigenvalue weighted by Gasteiger charge is -2.30. The molecule has 0 bridgehead atoms. The van der Waals surface area contributed by atoms with E-state index in [2.05, 4.69) is 36.0 Å². The summed E-state index contributed by atoms with van der Waals surface area (Å²) in [6, 6.07) is 1.83. The van der Waals surface area contributed by atoms with Crippen molar-refractivity contribution in [2.45, 2.75) is 39.0 Å². The van der Waals surface area contributed by atoms with Crippen LogP contribution in [0.25, 0.3) is 0 Å². The van der Waals surface area contributed by atoms with Gasteiger partial charge in [-0.2, -0.15) is 5.10 Å². The largest absolute Gasteiger partial charge is 0.337 e. The van der Waals surface area contributed by atoms with Crippen LogP contribution in [0.3, 0.4) is 0 Å². The molecule has 0 spiro atoms. The van der Waals surface area contributed by atoms with Crippen LogP contribution < -0.4 is 0 Å². The fourth-order valence-corrected chi connectivity index (χ4v) is 3.50. The van der Waals surface area contributed by atoms with Gasteiger partial charge < -0.3 is 4.90 Å². The molecular weight excluding hydrogens is 324 g/mol. The van der Waals surface area contributed by atoms with E-state index in [1.807, 2.05) is 11.4 Å². The Morgan fingerprint density at radius 3 is 2.54 bits per heavy atom. The fourth-order valence-electron chi connectivity index (χ4n) is 2.84. The Morgan fingerprint density at radius 2 is 2.00 bits per heavy atom. The molecule has 0 atom stereocenters. The minimum Gasteiger partial charge on any atom is -0.337 e. The molecule has 24 heavy (non-hydrogen) atoms. The number of piperidine rings is 1. The van der Waals surface area contributed by atoms with Crippen molar-refractivity contribution >= 4 is 23.0 Å². The van der Waals surface area contributed by atoms with Crippen molar-refractivity contribution in [3.63, 3.8) is 0 Å². The maximum Gasteiger partial charge on any atom is 0.274 e. The number of carbonyl (C=O) groups is 2. The number of carbonyl (C=O) groups excluding carboxylic acids is 2. The highest BCUT2D eigenvalue weighted by molar-refractivity contribution is 7.11. The molecule has 0 unspecified atom stereocenters. The number of nitrogens with one attached hydrogen (secondary N) is 1. The Balaban J connectivity index is 1.61. The second-order valence-corrected chi connectivity index (χ2v) is 8.08. The van der Waals surface area contributed by atoms with Gasteiger partial charge >= 0.3 is 0 Å². The first-order chi connectivity index (χ1) is 11.4. The van der Waals surface area contributed by atoms with Gasteiger partial charge in [0.25, 0.3) is 5.91 Å². The zero-order chi connectivity index (χ0) is 17.3. The fraction of sp³-hybridized carbons (Fsp3) is 0.529. The van der Waals surface area contributed by atoms with Crippen LogP contribution in [-0.2, 0) is 5.41 Å². The molecule has 2 aromatic rings. The molecule has 1 fully saturated rings. The number of likely N-dealkylation sites (tertiary alicyclic amines) is 1. The first-order valence-corrected chi connectivity index (χ1v) is 9.03. The quantitative estimate of drug-likeness (QED) is 0.867. The minimum absolute atomic E-state index is 0.0375. The third kappa shape index (κ3) is 3.40. The molecule has 3 heterocycles. The Hall–Kier alpha value is -2.02. The summed E-state index contributed by atoms with van der Waals surface area (Å²) in [7, 11) is 0. The number of hydrogen-bond acceptors (Lipinski definition) is 5. The summed E-state index contributed by atoms with van der Waals surface area (Å²) in [6.07, 6.45) is 3.02. The number of aromatic nitrogens is 3. The second kappa shape index (κ2) is 6.47. The van der Waals surface area contributed by atoms with Gasteiger partial charge in [-0.05, 0) is 18.9 Å². The number of ketones is 1. The van der Waals surface area contributed by atoms with Crippen molar-refractivity contribution in [1.82, 2.24) is 20.1 Å². The van der Waals surface area contributed by atoms with Gasteiger partial charge in [0.05, 0.1) is 0 Å². The van der Waals surface area contributed by atoms with Gasteiger partial charge in [0.1, 0.15) is 5.69 Å². The van der Waals surface area contributed by atoms with Gasteiger partial charge in [-0.25, -0.2) is 4.98 Å². The average molecular weight is 346 g/mol. The van der Waals surface area contributed by atoms with Crippen molar-refractivity contribution < 1.29 is 9.59 Å². The molecule has 0 aromatic carbocycles. The topological polar surface area (TPSA) is 79.0 Å². The summed E-state index contributed by atoms with van der Waals surface area (Å²) < 4.78 is 0. The van der Waals surface area contributed by atoms with Crippen LogP contribution in [0.15, 0.2) is 17.6 Å². The number of Topliss-reactive ketones (excluding diaryl/α,β-unsaturated/α-hetero) is 1. The predicted molar refractivity (Wildman–Crippen MR) is 92.4 cm³/mol. The smallest absolute Gasteiger partial charge is 0.274 e. The Labute approximate surface area is 145 Å². The summed E-state index contributed by atoms with van der Waals surface area (Å²) in [5, 5.41) is 9.50. The van der Waals surface area contributed by atoms with Crippen molar-refractivity contribution in [3.8, 4) is 0 Å². The zero-order valence-electron chi connectivity index (χ0n) is 14.2. The van der Waals surface area contributed by atoms with Gasteiger partial charge in [0.2, 0.25) is 0 Å². The molecule has 0 aliphatic carbocycles. The average Bonchev–Trinajstić information content (AvgIpc) is 3.24. The number of aromatic amines is 1. The van der Waals surface area contributed by atoms with E-state index in [4.69, 9.17) is 0 Å². The molecule has 1 amide bonds. The summed E-state index contributed by atoms with van der Waals surface area (Å²) in [4.78, 5) is 30.8. The first-order valence-electron chi connectivity index (χ1n) is 8.15. The SMILES string of the molecule is CC(C)(C)c1cc(C(=O)N2CCC(C(=O)c3nccs3)CC2)n[nH]1. The minimum atomic E-state index is -0.0708. The van der Waals surface area contributed by atoms with Gasteiger partial charge in [-0.3, -0.25) is 14.7 Å². The molecule has 3 rings (SSSR count). The van der Waals surface area contributed by atoms with E-state index in [1.165, 1.54) is 11.3 Å². The predicted octanol–water partition coefficient (Wildman–Crippen LogP) is 2.90. The number of amides is 1. The van der Waals surface area contributed by atoms with Crippen molar-refractivity contribution in [1.29, 1.82) is 0 Å². The monoisotopic (exact) mass is 346 g/mol. The molecule has 1 aliphatic heterocycles. The molecule has 0 radical (unpaired) electrons. The summed E-state index contributed by atoms with van der Waals surface area (Å²) >= 11 is 1.38. The van der Waals surface area contributed by atoms with Gasteiger partial charge in [0.15, 0.2) is 10.8 Å². The van der Waals surface area contributed by atoms with Gasteiger partial charge in [-0.1, -0.05) is 20.8 Å². The molecule has 6 nitrogen and oxygen atoms in total. The van der Waals surface area contributed by atoms with Crippen LogP contribution in [-0.4, -0.2) is 44.9 Å². The molecule has 1 aliphatic rings. The molecule has 1 N–H and O–H groups in total. The summed E-state index contributed by atoms with van der Waals surface area (Å²) in [6.45, 7) is 7.39. The normalized spacial score (nSPS) is 16.4. The lowest BCUT2D eigenvalue weighted by atomic mass is 9.91. The molecule has 7 heteroatoms. The van der Waals surface area contributed by atoms with E-state index in [9.17, 15) is 9.59 Å². The second-order valence-electron chi connectivity index (χ2n) is 7.18. The van der Waals surface area contributed by atoms with E-state index >= 15 is 0 Å². The highest BCUT2D eigenvalue weighted by atomic mass is 32.1. The molecule has 1 saturated heterocycles. The molecule has 128 valence electrons. The third-order valence-electron chi connectivity index (χ3n) is 4.40. The van der Waals surface area contributed by atoms with Crippen LogP contribution >= 0.6 is 11.3 Å². The number of thiazole rings is 1. The summed E-state index contributed by atoms with van der Waals surface area (Å²) in [5.74, 6) is -0.00157. The van der Waals surface area contributed by atoms with E-state index in [0.717, 1.165) is 5.69 Å². The number of hydrogen-bond donors (Lipinski definition) is 1. The number of H-pyrrole nitrogens is 1. The van der Waals surface area contributed by atoms with Crippen LogP contribution in [0.1, 0.15) is 59.6 Å². The zero-order valence-corrected chi connectivity index (χ0v) is 15.0. The van der Waals surface area contributed by atoms with E-state index < -0.39 is 0 Å². The van der Waals surface area contributed by atoms with Crippen molar-refractivity contribution in [3.05, 3.63) is 34.0 Å². The van der Waals surface area contributed by atoms with Crippen LogP contribution in [0.4, 0.5) is 0 Å². The molecule has 2 aromatic heterocycles. The van der Waals surface area contributed by atoms with Crippen molar-refractivity contribution in [2.75, 3.05) is 13.1 Å².